The van der Waals surface area contributed by atoms with E-state index in [4.69, 9.17) is 9.47 Å². The molecule has 9 nitrogen and oxygen atoms in total. The molecule has 1 aromatic heterocycles. The second-order valence-electron chi connectivity index (χ2n) is 6.72. The van der Waals surface area contributed by atoms with Gasteiger partial charge < -0.3 is 20.1 Å². The first-order valence-electron chi connectivity index (χ1n) is 9.64. The van der Waals surface area contributed by atoms with Gasteiger partial charge in [0, 0.05) is 17.5 Å². The number of nitrogens with one attached hydrogen (secondary N) is 2. The van der Waals surface area contributed by atoms with Gasteiger partial charge in [0.15, 0.2) is 5.69 Å². The Balaban J connectivity index is 2.14. The van der Waals surface area contributed by atoms with Crippen LogP contribution >= 0.6 is 0 Å². The molecule has 0 radical (unpaired) electrons. The van der Waals surface area contributed by atoms with Gasteiger partial charge in [-0.1, -0.05) is 17.7 Å². The van der Waals surface area contributed by atoms with E-state index < -0.39 is 24.0 Å². The number of allylic oxidation sites excluding steroid dienone is 1. The molecule has 1 aliphatic heterocycles. The molecule has 1 aliphatic rings. The van der Waals surface area contributed by atoms with Crippen LogP contribution in [0.3, 0.4) is 0 Å². The summed E-state index contributed by atoms with van der Waals surface area (Å²) in [5, 5.41) is 9.66. The van der Waals surface area contributed by atoms with E-state index in [1.54, 1.807) is 27.0 Å². The van der Waals surface area contributed by atoms with Crippen molar-refractivity contribution in [2.75, 3.05) is 13.2 Å². The van der Waals surface area contributed by atoms with E-state index in [1.165, 1.54) is 4.68 Å². The van der Waals surface area contributed by atoms with Crippen LogP contribution in [0.2, 0.25) is 0 Å². The highest BCUT2D eigenvalue weighted by Gasteiger charge is 2.36. The minimum atomic E-state index is -0.920. The third-order valence-electron chi connectivity index (χ3n) is 4.59. The molecule has 0 fully saturated rings. The Morgan fingerprint density at radius 1 is 1.07 bits per heavy atom. The first-order chi connectivity index (χ1) is 14.3. The van der Waals surface area contributed by atoms with E-state index in [-0.39, 0.29) is 24.5 Å². The van der Waals surface area contributed by atoms with E-state index in [1.807, 2.05) is 31.2 Å². The molecule has 0 saturated heterocycles. The van der Waals surface area contributed by atoms with Crippen molar-refractivity contribution in [2.24, 2.45) is 0 Å². The van der Waals surface area contributed by atoms with Crippen molar-refractivity contribution in [3.8, 4) is 5.69 Å². The third kappa shape index (κ3) is 4.19. The van der Waals surface area contributed by atoms with Crippen LogP contribution in [0.15, 0.2) is 41.7 Å². The van der Waals surface area contributed by atoms with Crippen molar-refractivity contribution in [3.05, 3.63) is 58.6 Å². The summed E-state index contributed by atoms with van der Waals surface area (Å²) < 4.78 is 11.8. The number of aryl methyl sites for hydroxylation is 1. The lowest BCUT2D eigenvalue weighted by Gasteiger charge is -2.27. The predicted octanol–water partition coefficient (Wildman–Crippen LogP) is 2.55. The van der Waals surface area contributed by atoms with Crippen molar-refractivity contribution in [1.29, 1.82) is 0 Å². The van der Waals surface area contributed by atoms with E-state index >= 15 is 0 Å². The highest BCUT2D eigenvalue weighted by Crippen LogP contribution is 2.30. The Labute approximate surface area is 174 Å². The summed E-state index contributed by atoms with van der Waals surface area (Å²) in [6, 6.07) is 6.13. The number of hydrogen-bond acceptors (Lipinski definition) is 6. The molecular weight excluding hydrogens is 388 g/mol. The maximum absolute atomic E-state index is 12.6. The fourth-order valence-electron chi connectivity index (χ4n) is 3.19. The summed E-state index contributed by atoms with van der Waals surface area (Å²) in [5.74, 6) is -1.24. The van der Waals surface area contributed by atoms with Gasteiger partial charge in [-0.3, -0.25) is 0 Å². The molecule has 0 spiro atoms. The third-order valence-corrected chi connectivity index (χ3v) is 4.59. The molecule has 0 aliphatic carbocycles. The number of amides is 2. The molecule has 2 heterocycles. The number of hydrogen-bond donors (Lipinski definition) is 2. The van der Waals surface area contributed by atoms with Gasteiger partial charge >= 0.3 is 18.0 Å². The lowest BCUT2D eigenvalue weighted by atomic mass is 9.96. The van der Waals surface area contributed by atoms with Gasteiger partial charge in [-0.2, -0.15) is 5.10 Å². The van der Waals surface area contributed by atoms with Gasteiger partial charge in [-0.25, -0.2) is 19.1 Å². The fraction of sp³-hybridized carbons (Fsp3) is 0.333. The van der Waals surface area contributed by atoms with Crippen molar-refractivity contribution in [1.82, 2.24) is 20.4 Å². The van der Waals surface area contributed by atoms with E-state index in [0.29, 0.717) is 11.3 Å². The Morgan fingerprint density at radius 3 is 2.33 bits per heavy atom. The van der Waals surface area contributed by atoms with Crippen LogP contribution in [0.4, 0.5) is 4.79 Å². The monoisotopic (exact) mass is 412 g/mol. The molecule has 3 rings (SSSR count). The highest BCUT2D eigenvalue weighted by molar-refractivity contribution is 5.96. The molecule has 0 bridgehead atoms. The van der Waals surface area contributed by atoms with Crippen LogP contribution in [0.25, 0.3) is 5.69 Å². The normalized spacial score (nSPS) is 16.0. The Kier molecular flexibility index (Phi) is 6.20. The number of ether oxygens (including phenoxy) is 2. The lowest BCUT2D eigenvalue weighted by Crippen LogP contribution is -2.45. The largest absolute Gasteiger partial charge is 0.463 e. The van der Waals surface area contributed by atoms with Crippen molar-refractivity contribution >= 4 is 18.0 Å². The van der Waals surface area contributed by atoms with Gasteiger partial charge in [0.1, 0.15) is 0 Å². The van der Waals surface area contributed by atoms with Crippen molar-refractivity contribution in [3.63, 3.8) is 0 Å². The van der Waals surface area contributed by atoms with Crippen LogP contribution in [-0.4, -0.2) is 41.0 Å². The average Bonchev–Trinajstić information content (AvgIpc) is 3.13. The quantitative estimate of drug-likeness (QED) is 0.706. The van der Waals surface area contributed by atoms with Gasteiger partial charge in [-0.05, 0) is 39.8 Å². The molecule has 2 aromatic rings. The smallest absolute Gasteiger partial charge is 0.359 e. The maximum Gasteiger partial charge on any atom is 0.359 e. The zero-order chi connectivity index (χ0) is 21.8. The molecule has 1 atom stereocenters. The average molecular weight is 412 g/mol. The molecule has 158 valence electrons. The molecule has 1 unspecified atom stereocenters. The van der Waals surface area contributed by atoms with E-state index in [0.717, 1.165) is 11.3 Å². The Hall–Kier alpha value is -3.62. The molecule has 0 saturated carbocycles. The first kappa shape index (κ1) is 21.1. The predicted molar refractivity (Wildman–Crippen MR) is 108 cm³/mol. The number of carbonyl (C=O) groups is 3. The number of benzene rings is 1. The van der Waals surface area contributed by atoms with Crippen molar-refractivity contribution < 1.29 is 23.9 Å². The Bertz CT molecular complexity index is 1010. The molecule has 1 aromatic carbocycles. The first-order valence-corrected chi connectivity index (χ1v) is 9.64. The summed E-state index contributed by atoms with van der Waals surface area (Å²) in [5.41, 5.74) is 2.69. The van der Waals surface area contributed by atoms with Crippen LogP contribution in [0, 0.1) is 6.92 Å². The molecule has 2 N–H and O–H groups in total. The maximum atomic E-state index is 12.6. The fourth-order valence-corrected chi connectivity index (χ4v) is 3.19. The van der Waals surface area contributed by atoms with Crippen LogP contribution in [-0.2, 0) is 14.3 Å². The number of nitrogens with zero attached hydrogens (tertiary/aromatic N) is 2. The van der Waals surface area contributed by atoms with Gasteiger partial charge in [0.25, 0.3) is 0 Å². The van der Waals surface area contributed by atoms with E-state index in [9.17, 15) is 14.4 Å². The number of urea groups is 1. The van der Waals surface area contributed by atoms with Crippen LogP contribution < -0.4 is 10.6 Å². The summed E-state index contributed by atoms with van der Waals surface area (Å²) in [6.07, 6.45) is 1.61. The number of carbonyl (C=O) groups excluding carboxylic acids is 3. The van der Waals surface area contributed by atoms with Crippen LogP contribution in [0.5, 0.6) is 0 Å². The number of esters is 2. The lowest BCUT2D eigenvalue weighted by molar-refractivity contribution is -0.139. The topological polar surface area (TPSA) is 112 Å². The molecule has 2 amide bonds. The molecule has 30 heavy (non-hydrogen) atoms. The van der Waals surface area contributed by atoms with Crippen molar-refractivity contribution in [2.45, 2.75) is 33.7 Å². The zero-order valence-electron chi connectivity index (χ0n) is 17.3. The summed E-state index contributed by atoms with van der Waals surface area (Å²) in [4.78, 5) is 37.4. The minimum absolute atomic E-state index is 0.0132. The van der Waals surface area contributed by atoms with Crippen LogP contribution in [0.1, 0.15) is 48.4 Å². The summed E-state index contributed by atoms with van der Waals surface area (Å²) >= 11 is 0. The Morgan fingerprint density at radius 2 is 1.70 bits per heavy atom. The minimum Gasteiger partial charge on any atom is -0.463 e. The summed E-state index contributed by atoms with van der Waals surface area (Å²) in [7, 11) is 0. The molecular formula is C21H24N4O5. The van der Waals surface area contributed by atoms with E-state index in [2.05, 4.69) is 15.7 Å². The number of rotatable bonds is 6. The second-order valence-corrected chi connectivity index (χ2v) is 6.72. The van der Waals surface area contributed by atoms with Gasteiger partial charge in [-0.15, -0.1) is 0 Å². The number of aromatic nitrogens is 2. The molecule has 9 heteroatoms. The van der Waals surface area contributed by atoms with Gasteiger partial charge in [0.05, 0.1) is 30.5 Å². The summed E-state index contributed by atoms with van der Waals surface area (Å²) in [6.45, 7) is 7.28. The standard InChI is InChI=1S/C21H24N4O5/c1-5-29-19(26)16-13(4)22-21(28)23-17(16)15-11-25(14-9-7-12(3)8-10-14)24-18(15)20(27)30-6-2/h7-11,17H,5-6H2,1-4H3,(H2,22,23,28). The second kappa shape index (κ2) is 8.81. The zero-order valence-corrected chi connectivity index (χ0v) is 17.3. The highest BCUT2D eigenvalue weighted by atomic mass is 16.5. The van der Waals surface area contributed by atoms with Gasteiger partial charge in [0.2, 0.25) is 0 Å². The SMILES string of the molecule is CCOC(=O)C1=C(C)NC(=O)NC1c1cn(-c2ccc(C)cc2)nc1C(=O)OCC.